The van der Waals surface area contributed by atoms with Crippen LogP contribution in [0.15, 0.2) is 22.3 Å². The Bertz CT molecular complexity index is 600. The van der Waals surface area contributed by atoms with Gasteiger partial charge in [-0.2, -0.15) is 18.2 Å². The fourth-order valence-electron chi connectivity index (χ4n) is 1.34. The molecular formula is C10H7F3N2OS. The predicted octanol–water partition coefficient (Wildman–Crippen LogP) is 2.83. The zero-order valence-corrected chi connectivity index (χ0v) is 9.45. The number of nitrogens with one attached hydrogen (secondary N) is 1. The molecule has 0 atom stereocenters. The van der Waals surface area contributed by atoms with Gasteiger partial charge >= 0.3 is 11.9 Å². The van der Waals surface area contributed by atoms with Gasteiger partial charge in [-0.1, -0.05) is 0 Å². The molecule has 0 saturated heterocycles. The third-order valence-electron chi connectivity index (χ3n) is 2.08. The number of aromatic nitrogens is 2. The highest BCUT2D eigenvalue weighted by molar-refractivity contribution is 7.10. The van der Waals surface area contributed by atoms with Crippen molar-refractivity contribution in [2.75, 3.05) is 0 Å². The standard InChI is InChI=1S/C10H7F3N2OS/c1-5-2-6(4-17-5)7-3-8(10(11,12)13)15-9(16)14-7/h2-4H,1H3,(H,14,15,16). The third kappa shape index (κ3) is 2.55. The molecule has 0 fully saturated rings. The third-order valence-corrected chi connectivity index (χ3v) is 2.94. The van der Waals surface area contributed by atoms with E-state index in [1.165, 1.54) is 11.3 Å². The highest BCUT2D eigenvalue weighted by atomic mass is 32.1. The molecule has 0 saturated carbocycles. The Kier molecular flexibility index (Phi) is 2.78. The van der Waals surface area contributed by atoms with Crippen molar-refractivity contribution in [1.29, 1.82) is 0 Å². The SMILES string of the molecule is Cc1cc(-c2cc(C(F)(F)F)[nH]c(=O)n2)cs1. The van der Waals surface area contributed by atoms with Crippen LogP contribution in [0.2, 0.25) is 0 Å². The molecule has 0 aliphatic carbocycles. The van der Waals surface area contributed by atoms with E-state index in [4.69, 9.17) is 0 Å². The van der Waals surface area contributed by atoms with Gasteiger partial charge in [-0.15, -0.1) is 11.3 Å². The predicted molar refractivity (Wildman–Crippen MR) is 57.9 cm³/mol. The first kappa shape index (κ1) is 11.8. The molecule has 2 rings (SSSR count). The van der Waals surface area contributed by atoms with Crippen molar-refractivity contribution >= 4 is 11.3 Å². The topological polar surface area (TPSA) is 45.8 Å². The molecule has 90 valence electrons. The molecule has 0 aliphatic rings. The summed E-state index contributed by atoms with van der Waals surface area (Å²) in [7, 11) is 0. The largest absolute Gasteiger partial charge is 0.431 e. The van der Waals surface area contributed by atoms with Gasteiger partial charge in [0.05, 0.1) is 5.69 Å². The molecule has 17 heavy (non-hydrogen) atoms. The van der Waals surface area contributed by atoms with E-state index in [2.05, 4.69) is 4.98 Å². The molecule has 0 radical (unpaired) electrons. The second-order valence-electron chi connectivity index (χ2n) is 3.43. The van der Waals surface area contributed by atoms with Crippen LogP contribution < -0.4 is 5.69 Å². The lowest BCUT2D eigenvalue weighted by Gasteiger charge is -2.06. The van der Waals surface area contributed by atoms with Crippen molar-refractivity contribution in [3.63, 3.8) is 0 Å². The summed E-state index contributed by atoms with van der Waals surface area (Å²) < 4.78 is 37.4. The van der Waals surface area contributed by atoms with E-state index in [0.29, 0.717) is 5.56 Å². The van der Waals surface area contributed by atoms with E-state index in [1.54, 1.807) is 16.4 Å². The minimum absolute atomic E-state index is 0.0328. The minimum atomic E-state index is -4.58. The maximum absolute atomic E-state index is 12.5. The van der Waals surface area contributed by atoms with E-state index < -0.39 is 17.6 Å². The van der Waals surface area contributed by atoms with Crippen LogP contribution in [0, 0.1) is 6.92 Å². The first-order chi connectivity index (χ1) is 7.86. The van der Waals surface area contributed by atoms with Gasteiger partial charge in [0.2, 0.25) is 0 Å². The maximum atomic E-state index is 12.5. The van der Waals surface area contributed by atoms with Crippen LogP contribution in [0.5, 0.6) is 0 Å². The van der Waals surface area contributed by atoms with Crippen molar-refractivity contribution in [3.05, 3.63) is 38.6 Å². The van der Waals surface area contributed by atoms with E-state index in [1.807, 2.05) is 6.92 Å². The number of hydrogen-bond donors (Lipinski definition) is 1. The molecule has 0 aromatic carbocycles. The molecule has 2 aromatic heterocycles. The lowest BCUT2D eigenvalue weighted by Crippen LogP contribution is -2.19. The van der Waals surface area contributed by atoms with Crippen LogP contribution >= 0.6 is 11.3 Å². The smallest absolute Gasteiger partial charge is 0.302 e. The van der Waals surface area contributed by atoms with E-state index >= 15 is 0 Å². The Morgan fingerprint density at radius 2 is 2.06 bits per heavy atom. The summed E-state index contributed by atoms with van der Waals surface area (Å²) in [5, 5.41) is 1.66. The van der Waals surface area contributed by atoms with Crippen molar-refractivity contribution < 1.29 is 13.2 Å². The molecule has 2 aromatic rings. The van der Waals surface area contributed by atoms with Gasteiger partial charge in [-0.05, 0) is 19.1 Å². The fraction of sp³-hybridized carbons (Fsp3) is 0.200. The Morgan fingerprint density at radius 3 is 2.59 bits per heavy atom. The lowest BCUT2D eigenvalue weighted by atomic mass is 10.2. The second-order valence-corrected chi connectivity index (χ2v) is 4.54. The first-order valence-corrected chi connectivity index (χ1v) is 5.48. The Morgan fingerprint density at radius 1 is 1.35 bits per heavy atom. The van der Waals surface area contributed by atoms with E-state index in [0.717, 1.165) is 10.9 Å². The monoisotopic (exact) mass is 260 g/mol. The first-order valence-electron chi connectivity index (χ1n) is 4.60. The lowest BCUT2D eigenvalue weighted by molar-refractivity contribution is -0.141. The number of rotatable bonds is 1. The highest BCUT2D eigenvalue weighted by Crippen LogP contribution is 2.30. The van der Waals surface area contributed by atoms with Gasteiger partial charge in [0.15, 0.2) is 0 Å². The average Bonchev–Trinajstić information content (AvgIpc) is 2.62. The summed E-state index contributed by atoms with van der Waals surface area (Å²) in [6.45, 7) is 1.83. The van der Waals surface area contributed by atoms with Crippen LogP contribution in [0.4, 0.5) is 13.2 Å². The number of alkyl halides is 3. The van der Waals surface area contributed by atoms with Gasteiger partial charge < -0.3 is 4.98 Å². The number of hydrogen-bond acceptors (Lipinski definition) is 3. The number of aromatic amines is 1. The summed E-state index contributed by atoms with van der Waals surface area (Å²) in [4.78, 5) is 17.2. The van der Waals surface area contributed by atoms with Crippen LogP contribution in [-0.4, -0.2) is 9.97 Å². The van der Waals surface area contributed by atoms with Crippen molar-refractivity contribution in [2.24, 2.45) is 0 Å². The number of halogens is 3. The Hall–Kier alpha value is -1.63. The normalized spacial score (nSPS) is 11.8. The maximum Gasteiger partial charge on any atom is 0.431 e. The van der Waals surface area contributed by atoms with E-state index in [-0.39, 0.29) is 5.69 Å². The van der Waals surface area contributed by atoms with Crippen LogP contribution in [0.1, 0.15) is 10.6 Å². The van der Waals surface area contributed by atoms with Crippen LogP contribution in [-0.2, 0) is 6.18 Å². The van der Waals surface area contributed by atoms with Gasteiger partial charge in [0.1, 0.15) is 5.69 Å². The molecule has 0 amide bonds. The van der Waals surface area contributed by atoms with Gasteiger partial charge in [-0.25, -0.2) is 4.79 Å². The molecule has 2 heterocycles. The van der Waals surface area contributed by atoms with Gasteiger partial charge in [-0.3, -0.25) is 0 Å². The minimum Gasteiger partial charge on any atom is -0.302 e. The number of thiophene rings is 1. The molecule has 0 spiro atoms. The molecule has 7 heteroatoms. The molecular weight excluding hydrogens is 253 g/mol. The number of aryl methyl sites for hydroxylation is 1. The Balaban J connectivity index is 2.57. The van der Waals surface area contributed by atoms with Crippen molar-refractivity contribution in [3.8, 4) is 11.3 Å². The average molecular weight is 260 g/mol. The summed E-state index contributed by atoms with van der Waals surface area (Å²) in [5.74, 6) is 0. The van der Waals surface area contributed by atoms with Gasteiger partial charge in [0, 0.05) is 15.8 Å². The summed E-state index contributed by atoms with van der Waals surface area (Å²) in [5.41, 5.74) is -1.54. The molecule has 0 aliphatic heterocycles. The Labute approximate surface area is 98.0 Å². The zero-order valence-electron chi connectivity index (χ0n) is 8.63. The fourth-order valence-corrected chi connectivity index (χ4v) is 2.03. The number of H-pyrrole nitrogens is 1. The summed E-state index contributed by atoms with van der Waals surface area (Å²) in [6.07, 6.45) is -4.58. The molecule has 0 bridgehead atoms. The zero-order chi connectivity index (χ0) is 12.6. The molecule has 1 N–H and O–H groups in total. The second kappa shape index (κ2) is 3.99. The number of nitrogens with zero attached hydrogens (tertiary/aromatic N) is 1. The summed E-state index contributed by atoms with van der Waals surface area (Å²) in [6, 6.07) is 2.52. The van der Waals surface area contributed by atoms with Gasteiger partial charge in [0.25, 0.3) is 0 Å². The van der Waals surface area contributed by atoms with E-state index in [9.17, 15) is 18.0 Å². The van der Waals surface area contributed by atoms with Crippen LogP contribution in [0.25, 0.3) is 11.3 Å². The molecule has 0 unspecified atom stereocenters. The summed E-state index contributed by atoms with van der Waals surface area (Å²) >= 11 is 1.38. The molecule has 3 nitrogen and oxygen atoms in total. The quantitative estimate of drug-likeness (QED) is 0.857. The highest BCUT2D eigenvalue weighted by Gasteiger charge is 2.32. The van der Waals surface area contributed by atoms with Crippen molar-refractivity contribution in [1.82, 2.24) is 9.97 Å². The van der Waals surface area contributed by atoms with Crippen LogP contribution in [0.3, 0.4) is 0 Å². The van der Waals surface area contributed by atoms with Crippen molar-refractivity contribution in [2.45, 2.75) is 13.1 Å².